The Balaban J connectivity index is 2.03. The number of aromatic amines is 1. The first kappa shape index (κ1) is 12.2. The molecule has 0 unspecified atom stereocenters. The number of nitrogens with zero attached hydrogens (tertiary/aromatic N) is 5. The molecular weight excluding hydrogens is 288 g/mol. The fourth-order valence-electron chi connectivity index (χ4n) is 2.22. The summed E-state index contributed by atoms with van der Waals surface area (Å²) in [6.45, 7) is 4.13. The van der Waals surface area contributed by atoms with E-state index in [1.54, 1.807) is 28.2 Å². The van der Waals surface area contributed by atoms with Crippen LogP contribution >= 0.6 is 11.3 Å². The minimum atomic E-state index is -0.254. The summed E-state index contributed by atoms with van der Waals surface area (Å²) in [6.07, 6.45) is 1.65. The minimum absolute atomic E-state index is 0.254. The third-order valence-electron chi connectivity index (χ3n) is 3.41. The summed E-state index contributed by atoms with van der Waals surface area (Å²) in [5.74, 6) is 0.462. The molecule has 21 heavy (non-hydrogen) atoms. The number of rotatable bonds is 1. The topological polar surface area (TPSA) is 88.8 Å². The average Bonchev–Trinajstić information content (AvgIpc) is 3.02. The molecule has 0 fully saturated rings. The van der Waals surface area contributed by atoms with Crippen molar-refractivity contribution in [1.82, 2.24) is 29.8 Å². The van der Waals surface area contributed by atoms with Crippen molar-refractivity contribution < 1.29 is 0 Å². The zero-order valence-electron chi connectivity index (χ0n) is 11.3. The zero-order chi connectivity index (χ0) is 14.6. The molecule has 0 radical (unpaired) electrons. The Morgan fingerprint density at radius 1 is 1.29 bits per heavy atom. The molecule has 4 rings (SSSR count). The molecule has 4 aromatic rings. The van der Waals surface area contributed by atoms with Gasteiger partial charge in [-0.05, 0) is 25.5 Å². The molecule has 0 spiro atoms. The summed E-state index contributed by atoms with van der Waals surface area (Å²) < 4.78 is 1.64. The normalized spacial score (nSPS) is 11.5. The summed E-state index contributed by atoms with van der Waals surface area (Å²) in [5, 5.41) is 11.7. The molecule has 8 heteroatoms. The third kappa shape index (κ3) is 1.76. The number of hydrogen-bond donors (Lipinski definition) is 1. The van der Waals surface area contributed by atoms with Crippen LogP contribution in [0.15, 0.2) is 23.3 Å². The monoisotopic (exact) mass is 298 g/mol. The maximum Gasteiger partial charge on any atom is 0.264 e. The highest BCUT2D eigenvalue weighted by Gasteiger charge is 2.15. The lowest BCUT2D eigenvalue weighted by Crippen LogP contribution is -2.05. The van der Waals surface area contributed by atoms with Crippen molar-refractivity contribution in [3.05, 3.63) is 39.3 Å². The van der Waals surface area contributed by atoms with Crippen LogP contribution in [0.3, 0.4) is 0 Å². The molecule has 0 aliphatic carbocycles. The lowest BCUT2D eigenvalue weighted by Gasteiger charge is -1.93. The summed E-state index contributed by atoms with van der Waals surface area (Å²) in [4.78, 5) is 22.2. The largest absolute Gasteiger partial charge is 0.268 e. The van der Waals surface area contributed by atoms with Crippen molar-refractivity contribution in [1.29, 1.82) is 0 Å². The van der Waals surface area contributed by atoms with E-state index in [1.165, 1.54) is 16.5 Å². The van der Waals surface area contributed by atoms with Gasteiger partial charge in [-0.15, -0.1) is 16.4 Å². The molecule has 1 N–H and O–H groups in total. The molecule has 0 saturated heterocycles. The molecular formula is C13H10N6OS. The predicted octanol–water partition coefficient (Wildman–Crippen LogP) is 1.71. The molecule has 0 aromatic carbocycles. The number of nitrogens with one attached hydrogen (secondary N) is 1. The van der Waals surface area contributed by atoms with E-state index in [-0.39, 0.29) is 5.56 Å². The summed E-state index contributed by atoms with van der Waals surface area (Å²) in [7, 11) is 0. The highest BCUT2D eigenvalue weighted by molar-refractivity contribution is 7.18. The van der Waals surface area contributed by atoms with E-state index in [9.17, 15) is 4.79 Å². The van der Waals surface area contributed by atoms with Gasteiger partial charge in [0.2, 0.25) is 5.82 Å². The van der Waals surface area contributed by atoms with Crippen LogP contribution < -0.4 is 5.56 Å². The van der Waals surface area contributed by atoms with Gasteiger partial charge < -0.3 is 0 Å². The Hall–Kier alpha value is -2.61. The lowest BCUT2D eigenvalue weighted by molar-refractivity contribution is 0.924. The van der Waals surface area contributed by atoms with E-state index in [4.69, 9.17) is 0 Å². The smallest absolute Gasteiger partial charge is 0.264 e. The summed E-state index contributed by atoms with van der Waals surface area (Å²) in [5.41, 5.74) is 2.19. The zero-order valence-corrected chi connectivity index (χ0v) is 12.1. The van der Waals surface area contributed by atoms with Crippen LogP contribution in [0.25, 0.3) is 27.4 Å². The number of thiophene rings is 1. The highest BCUT2D eigenvalue weighted by Crippen LogP contribution is 2.31. The second-order valence-electron chi connectivity index (χ2n) is 4.72. The first-order valence-corrected chi connectivity index (χ1v) is 7.12. The predicted molar refractivity (Wildman–Crippen MR) is 79.5 cm³/mol. The van der Waals surface area contributed by atoms with Crippen molar-refractivity contribution in [3.63, 3.8) is 0 Å². The van der Waals surface area contributed by atoms with Crippen molar-refractivity contribution in [2.45, 2.75) is 13.8 Å². The molecule has 104 valence electrons. The first-order chi connectivity index (χ1) is 10.1. The first-order valence-electron chi connectivity index (χ1n) is 6.30. The van der Waals surface area contributed by atoms with Crippen LogP contribution in [0.5, 0.6) is 0 Å². The van der Waals surface area contributed by atoms with Gasteiger partial charge in [-0.1, -0.05) is 0 Å². The van der Waals surface area contributed by atoms with Gasteiger partial charge in [0.05, 0.1) is 5.39 Å². The Morgan fingerprint density at radius 2 is 2.14 bits per heavy atom. The van der Waals surface area contributed by atoms with E-state index >= 15 is 0 Å². The van der Waals surface area contributed by atoms with Crippen LogP contribution in [0.2, 0.25) is 0 Å². The third-order valence-corrected chi connectivity index (χ3v) is 4.53. The van der Waals surface area contributed by atoms with Crippen molar-refractivity contribution in [2.24, 2.45) is 0 Å². The van der Waals surface area contributed by atoms with Gasteiger partial charge in [-0.3, -0.25) is 4.79 Å². The van der Waals surface area contributed by atoms with E-state index < -0.39 is 0 Å². The van der Waals surface area contributed by atoms with Crippen LogP contribution in [-0.2, 0) is 0 Å². The number of aromatic nitrogens is 6. The Kier molecular flexibility index (Phi) is 2.43. The molecule has 0 bridgehead atoms. The number of H-pyrrole nitrogens is 1. The Bertz CT molecular complexity index is 1020. The maximum atomic E-state index is 11.1. The highest BCUT2D eigenvalue weighted by atomic mass is 32.1. The van der Waals surface area contributed by atoms with Gasteiger partial charge in [0.1, 0.15) is 16.9 Å². The van der Waals surface area contributed by atoms with Gasteiger partial charge in [-0.25, -0.2) is 19.6 Å². The number of fused-ring (bicyclic) bond motifs is 3. The van der Waals surface area contributed by atoms with Gasteiger partial charge >= 0.3 is 0 Å². The van der Waals surface area contributed by atoms with Crippen LogP contribution in [0.4, 0.5) is 0 Å². The maximum absolute atomic E-state index is 11.1. The van der Waals surface area contributed by atoms with Gasteiger partial charge in [0.25, 0.3) is 5.56 Å². The number of aryl methyl sites for hydroxylation is 2. The van der Waals surface area contributed by atoms with Crippen molar-refractivity contribution in [2.75, 3.05) is 0 Å². The second-order valence-corrected chi connectivity index (χ2v) is 5.92. The van der Waals surface area contributed by atoms with E-state index in [0.717, 1.165) is 15.9 Å². The minimum Gasteiger partial charge on any atom is -0.268 e. The van der Waals surface area contributed by atoms with Crippen LogP contribution in [0.1, 0.15) is 10.4 Å². The summed E-state index contributed by atoms with van der Waals surface area (Å²) in [6, 6.07) is 3.01. The van der Waals surface area contributed by atoms with Gasteiger partial charge in [-0.2, -0.15) is 5.10 Å². The number of hydrogen-bond acceptors (Lipinski definition) is 6. The SMILES string of the molecule is Cc1sc2ncn3nc(-c4ccc(=O)[nH]n4)nc3c2c1C. The molecule has 0 atom stereocenters. The molecule has 0 aliphatic rings. The standard InChI is InChI=1S/C13H10N6OS/c1-6-7(2)21-13-10(6)12-15-11(18-19(12)5-14-13)8-3-4-9(20)17-16-8/h3-5H,1-2H3,(H,17,20). The fourth-order valence-corrected chi connectivity index (χ4v) is 3.21. The Morgan fingerprint density at radius 3 is 2.90 bits per heavy atom. The molecule has 0 amide bonds. The molecule has 4 heterocycles. The molecule has 0 saturated carbocycles. The molecule has 7 nitrogen and oxygen atoms in total. The summed E-state index contributed by atoms with van der Waals surface area (Å²) >= 11 is 1.65. The second kappa shape index (κ2) is 4.19. The average molecular weight is 298 g/mol. The van der Waals surface area contributed by atoms with E-state index in [1.807, 2.05) is 0 Å². The lowest BCUT2D eigenvalue weighted by atomic mass is 10.2. The van der Waals surface area contributed by atoms with Crippen molar-refractivity contribution in [3.8, 4) is 11.5 Å². The van der Waals surface area contributed by atoms with Gasteiger partial charge in [0.15, 0.2) is 5.65 Å². The van der Waals surface area contributed by atoms with E-state index in [2.05, 4.69) is 39.1 Å². The van der Waals surface area contributed by atoms with Crippen LogP contribution in [-0.4, -0.2) is 29.8 Å². The van der Waals surface area contributed by atoms with E-state index in [0.29, 0.717) is 11.5 Å². The quantitative estimate of drug-likeness (QED) is 0.578. The fraction of sp³-hybridized carbons (Fsp3) is 0.154. The Labute approximate surface area is 122 Å². The molecule has 0 aliphatic heterocycles. The van der Waals surface area contributed by atoms with Crippen molar-refractivity contribution >= 4 is 27.2 Å². The van der Waals surface area contributed by atoms with Gasteiger partial charge in [0, 0.05) is 10.9 Å². The molecule has 4 aromatic heterocycles. The van der Waals surface area contributed by atoms with Crippen LogP contribution in [0, 0.1) is 13.8 Å².